The number of aromatic nitrogens is 2. The van der Waals surface area contributed by atoms with E-state index in [4.69, 9.17) is 0 Å². The van der Waals surface area contributed by atoms with Crippen molar-refractivity contribution in [3.05, 3.63) is 53.9 Å². The minimum atomic E-state index is 0. The molecule has 0 radical (unpaired) electrons. The van der Waals surface area contributed by atoms with Crippen LogP contribution >= 0.6 is 24.0 Å². The molecule has 3 rings (SSSR count). The van der Waals surface area contributed by atoms with Gasteiger partial charge in [0.2, 0.25) is 5.95 Å². The highest BCUT2D eigenvalue weighted by molar-refractivity contribution is 14.0. The number of anilines is 1. The zero-order chi connectivity index (χ0) is 20.6. The molecule has 30 heavy (non-hydrogen) atoms. The number of piperazine rings is 1. The van der Waals surface area contributed by atoms with Crippen molar-refractivity contribution < 1.29 is 0 Å². The van der Waals surface area contributed by atoms with Gasteiger partial charge in [-0.05, 0) is 38.1 Å². The summed E-state index contributed by atoms with van der Waals surface area (Å²) in [5, 5.41) is 3.56. The molecule has 0 aliphatic carbocycles. The molecule has 1 fully saturated rings. The number of hydrogen-bond donors (Lipinski definition) is 1. The first-order chi connectivity index (χ1) is 14.1. The second kappa shape index (κ2) is 12.0. The van der Waals surface area contributed by atoms with Crippen molar-refractivity contribution in [1.29, 1.82) is 0 Å². The largest absolute Gasteiger partial charge is 0.352 e. The first-order valence-corrected chi connectivity index (χ1v) is 10.3. The predicted molar refractivity (Wildman–Crippen MR) is 134 cm³/mol. The molecule has 0 unspecified atom stereocenters. The number of nitrogens with one attached hydrogen (secondary N) is 1. The molecule has 0 bridgehead atoms. The van der Waals surface area contributed by atoms with E-state index in [1.165, 1.54) is 11.1 Å². The molecule has 2 aromatic rings. The van der Waals surface area contributed by atoms with Gasteiger partial charge in [-0.1, -0.05) is 24.3 Å². The zero-order valence-corrected chi connectivity index (χ0v) is 20.8. The van der Waals surface area contributed by atoms with Gasteiger partial charge in [-0.2, -0.15) is 0 Å². The third-order valence-corrected chi connectivity index (χ3v) is 5.48. The van der Waals surface area contributed by atoms with Crippen LogP contribution in [0.2, 0.25) is 0 Å². The van der Waals surface area contributed by atoms with Crippen LogP contribution in [0, 0.1) is 0 Å². The van der Waals surface area contributed by atoms with Crippen molar-refractivity contribution in [2.45, 2.75) is 33.0 Å². The molecule has 1 N–H and O–H groups in total. The van der Waals surface area contributed by atoms with Gasteiger partial charge in [-0.25, -0.2) is 9.97 Å². The Morgan fingerprint density at radius 3 is 2.30 bits per heavy atom. The quantitative estimate of drug-likeness (QED) is 0.357. The molecule has 0 spiro atoms. The summed E-state index contributed by atoms with van der Waals surface area (Å²) < 4.78 is 0. The van der Waals surface area contributed by atoms with E-state index in [0.29, 0.717) is 6.04 Å². The van der Waals surface area contributed by atoms with Gasteiger partial charge in [0.15, 0.2) is 5.96 Å². The first kappa shape index (κ1) is 24.3. The van der Waals surface area contributed by atoms with E-state index >= 15 is 0 Å². The van der Waals surface area contributed by atoms with Crippen LogP contribution in [0.1, 0.15) is 25.0 Å². The maximum Gasteiger partial charge on any atom is 0.225 e. The summed E-state index contributed by atoms with van der Waals surface area (Å²) in [5.74, 6) is 1.75. The highest BCUT2D eigenvalue weighted by Gasteiger charge is 2.21. The van der Waals surface area contributed by atoms with Crippen molar-refractivity contribution in [3.63, 3.8) is 0 Å². The number of rotatable bonds is 6. The maximum absolute atomic E-state index is 4.51. The van der Waals surface area contributed by atoms with Crippen molar-refractivity contribution in [3.8, 4) is 0 Å². The molecule has 164 valence electrons. The Morgan fingerprint density at radius 1 is 1.07 bits per heavy atom. The van der Waals surface area contributed by atoms with Crippen LogP contribution in [0.5, 0.6) is 0 Å². The number of guanidine groups is 1. The van der Waals surface area contributed by atoms with Gasteiger partial charge in [-0.15, -0.1) is 24.0 Å². The average molecular weight is 523 g/mol. The smallest absolute Gasteiger partial charge is 0.225 e. The lowest BCUT2D eigenvalue weighted by atomic mass is 10.1. The van der Waals surface area contributed by atoms with Crippen LogP contribution < -0.4 is 10.2 Å². The van der Waals surface area contributed by atoms with Crippen LogP contribution in [0.15, 0.2) is 47.7 Å². The van der Waals surface area contributed by atoms with Gasteiger partial charge in [0, 0.05) is 64.8 Å². The summed E-state index contributed by atoms with van der Waals surface area (Å²) >= 11 is 0. The Labute approximate surface area is 197 Å². The fourth-order valence-corrected chi connectivity index (χ4v) is 3.41. The summed E-state index contributed by atoms with van der Waals surface area (Å²) in [4.78, 5) is 20.1. The molecule has 7 nitrogen and oxygen atoms in total. The maximum atomic E-state index is 4.51. The van der Waals surface area contributed by atoms with E-state index in [2.05, 4.69) is 80.1 Å². The Balaban J connectivity index is 0.00000320. The lowest BCUT2D eigenvalue weighted by Crippen LogP contribution is -2.52. The predicted octanol–water partition coefficient (Wildman–Crippen LogP) is 2.83. The van der Waals surface area contributed by atoms with Crippen LogP contribution in [0.3, 0.4) is 0 Å². The minimum absolute atomic E-state index is 0. The summed E-state index contributed by atoms with van der Waals surface area (Å²) in [5.41, 5.74) is 2.68. The third kappa shape index (κ3) is 6.53. The topological polar surface area (TPSA) is 59.9 Å². The molecule has 0 amide bonds. The second-order valence-corrected chi connectivity index (χ2v) is 7.70. The Hall–Kier alpha value is -1.94. The Kier molecular flexibility index (Phi) is 9.77. The Morgan fingerprint density at radius 2 is 1.70 bits per heavy atom. The lowest BCUT2D eigenvalue weighted by molar-refractivity contribution is 0.265. The second-order valence-electron chi connectivity index (χ2n) is 7.70. The van der Waals surface area contributed by atoms with E-state index in [0.717, 1.165) is 51.2 Å². The molecule has 0 atom stereocenters. The van der Waals surface area contributed by atoms with Crippen LogP contribution in [-0.4, -0.2) is 72.0 Å². The average Bonchev–Trinajstić information content (AvgIpc) is 2.76. The van der Waals surface area contributed by atoms with Gasteiger partial charge in [-0.3, -0.25) is 9.89 Å². The third-order valence-electron chi connectivity index (χ3n) is 5.48. The van der Waals surface area contributed by atoms with Gasteiger partial charge < -0.3 is 15.1 Å². The van der Waals surface area contributed by atoms with Crippen molar-refractivity contribution >= 4 is 35.9 Å². The van der Waals surface area contributed by atoms with Crippen molar-refractivity contribution in [1.82, 2.24) is 25.1 Å². The highest BCUT2D eigenvalue weighted by Crippen LogP contribution is 2.13. The van der Waals surface area contributed by atoms with Crippen molar-refractivity contribution in [2.24, 2.45) is 4.99 Å². The fraction of sp³-hybridized carbons (Fsp3) is 0.500. The number of halogens is 1. The molecular formula is C22H34IN7. The summed E-state index contributed by atoms with van der Waals surface area (Å²) in [6, 6.07) is 11.0. The fourth-order valence-electron chi connectivity index (χ4n) is 3.41. The van der Waals surface area contributed by atoms with Gasteiger partial charge in [0.25, 0.3) is 0 Å². The minimum Gasteiger partial charge on any atom is -0.352 e. The molecule has 1 saturated heterocycles. The molecule has 1 aliphatic heterocycles. The summed E-state index contributed by atoms with van der Waals surface area (Å²) in [6.45, 7) is 9.75. The van der Waals surface area contributed by atoms with E-state index in [1.54, 1.807) is 12.4 Å². The van der Waals surface area contributed by atoms with Crippen LogP contribution in [0.4, 0.5) is 5.95 Å². The summed E-state index contributed by atoms with van der Waals surface area (Å²) in [6.07, 6.45) is 3.59. The number of hydrogen-bond acceptors (Lipinski definition) is 5. The normalized spacial score (nSPS) is 14.8. The number of benzene rings is 1. The zero-order valence-electron chi connectivity index (χ0n) is 18.5. The van der Waals surface area contributed by atoms with E-state index in [9.17, 15) is 0 Å². The van der Waals surface area contributed by atoms with Crippen LogP contribution in [-0.2, 0) is 13.1 Å². The van der Waals surface area contributed by atoms with E-state index < -0.39 is 0 Å². The Bertz CT molecular complexity index is 789. The van der Waals surface area contributed by atoms with Crippen molar-refractivity contribution in [2.75, 3.05) is 45.2 Å². The molecule has 2 heterocycles. The van der Waals surface area contributed by atoms with Gasteiger partial charge >= 0.3 is 0 Å². The standard InChI is InChI=1S/C22H33N7.HI/c1-18(2)27(4)17-20-9-6-5-8-19(20)16-26-21(23-3)28-12-14-29(15-13-28)22-24-10-7-11-25-22;/h5-11,18H,12-17H2,1-4H3,(H,23,26);1H. The van der Waals surface area contributed by atoms with E-state index in [1.807, 2.05) is 13.1 Å². The molecule has 1 aromatic carbocycles. The first-order valence-electron chi connectivity index (χ1n) is 10.3. The van der Waals surface area contributed by atoms with E-state index in [-0.39, 0.29) is 24.0 Å². The number of nitrogens with zero attached hydrogens (tertiary/aromatic N) is 6. The lowest BCUT2D eigenvalue weighted by Gasteiger charge is -2.36. The number of aliphatic imine (C=N–C) groups is 1. The van der Waals surface area contributed by atoms with Gasteiger partial charge in [0.05, 0.1) is 0 Å². The SMILES string of the molecule is CN=C(NCc1ccccc1CN(C)C(C)C)N1CCN(c2ncccn2)CC1.I. The molecule has 0 saturated carbocycles. The molecule has 1 aliphatic rings. The van der Waals surface area contributed by atoms with Crippen LogP contribution in [0.25, 0.3) is 0 Å². The monoisotopic (exact) mass is 523 g/mol. The van der Waals surface area contributed by atoms with Gasteiger partial charge in [0.1, 0.15) is 0 Å². The highest BCUT2D eigenvalue weighted by atomic mass is 127. The molecule has 8 heteroatoms. The molecular weight excluding hydrogens is 489 g/mol. The summed E-state index contributed by atoms with van der Waals surface area (Å²) in [7, 11) is 4.02. The molecule has 1 aromatic heterocycles.